The van der Waals surface area contributed by atoms with Crippen LogP contribution in [-0.2, 0) is 19.6 Å². The third-order valence-electron chi connectivity index (χ3n) is 3.25. The van der Waals surface area contributed by atoms with Crippen LogP contribution in [0.4, 0.5) is 11.4 Å². The molecule has 2 aromatic carbocycles. The van der Waals surface area contributed by atoms with Gasteiger partial charge < -0.3 is 10.1 Å². The second kappa shape index (κ2) is 8.52. The zero-order valence-electron chi connectivity index (χ0n) is 13.7. The predicted octanol–water partition coefficient (Wildman–Crippen LogP) is 2.34. The van der Waals surface area contributed by atoms with Crippen LogP contribution in [0.25, 0.3) is 0 Å². The minimum absolute atomic E-state index is 0.0793. The van der Waals surface area contributed by atoms with Crippen molar-refractivity contribution >= 4 is 56.5 Å². The number of carbonyl (C=O) groups excluding carboxylic acids is 2. The number of hydrogen-bond donors (Lipinski definition) is 2. The van der Waals surface area contributed by atoms with Gasteiger partial charge in [-0.15, -0.1) is 0 Å². The number of nitro groups is 1. The summed E-state index contributed by atoms with van der Waals surface area (Å²) in [5.41, 5.74) is -0.367. The molecule has 0 aliphatic heterocycles. The van der Waals surface area contributed by atoms with E-state index in [0.29, 0.717) is 0 Å². The van der Waals surface area contributed by atoms with Crippen molar-refractivity contribution < 1.29 is 27.7 Å². The van der Waals surface area contributed by atoms with E-state index in [9.17, 15) is 28.1 Å². The molecule has 13 heteroatoms. The predicted molar refractivity (Wildman–Crippen MR) is 99.8 cm³/mol. The van der Waals surface area contributed by atoms with Gasteiger partial charge in [-0.2, -0.15) is 0 Å². The quantitative estimate of drug-likeness (QED) is 0.390. The second-order valence-electron chi connectivity index (χ2n) is 5.24. The Morgan fingerprint density at radius 1 is 1.14 bits per heavy atom. The van der Waals surface area contributed by atoms with E-state index in [1.165, 1.54) is 12.1 Å². The second-order valence-corrected chi connectivity index (χ2v) is 7.58. The van der Waals surface area contributed by atoms with Crippen LogP contribution >= 0.6 is 23.2 Å². The number of amides is 1. The molecule has 2 rings (SSSR count). The standard InChI is InChI=1S/C15H11Cl2N3O7S/c16-10-3-1-8(5-13(10)28(18,25)26)15(22)27-7-14(21)19-12-4-2-9(20(23)24)6-11(12)17/h1-6H,7H2,(H,19,21)(H2,18,25,26). The Bertz CT molecular complexity index is 1070. The van der Waals surface area contributed by atoms with Gasteiger partial charge in [0.25, 0.3) is 11.6 Å². The number of rotatable bonds is 6. The summed E-state index contributed by atoms with van der Waals surface area (Å²) in [6, 6.07) is 6.67. The summed E-state index contributed by atoms with van der Waals surface area (Å²) in [5.74, 6) is -1.77. The van der Waals surface area contributed by atoms with E-state index < -0.39 is 38.3 Å². The number of benzene rings is 2. The minimum Gasteiger partial charge on any atom is -0.452 e. The first kappa shape index (κ1) is 21.6. The number of nitro benzene ring substituents is 1. The highest BCUT2D eigenvalue weighted by Gasteiger charge is 2.18. The summed E-state index contributed by atoms with van der Waals surface area (Å²) in [6.45, 7) is -0.723. The normalized spacial score (nSPS) is 11.0. The van der Waals surface area contributed by atoms with Gasteiger partial charge in [0.15, 0.2) is 6.61 Å². The SMILES string of the molecule is NS(=O)(=O)c1cc(C(=O)OCC(=O)Nc2ccc([N+](=O)[O-])cc2Cl)ccc1Cl. The van der Waals surface area contributed by atoms with Gasteiger partial charge in [0, 0.05) is 12.1 Å². The highest BCUT2D eigenvalue weighted by molar-refractivity contribution is 7.89. The summed E-state index contributed by atoms with van der Waals surface area (Å²) in [6.07, 6.45) is 0. The lowest BCUT2D eigenvalue weighted by atomic mass is 10.2. The molecular formula is C15H11Cl2N3O7S. The number of nitrogens with one attached hydrogen (secondary N) is 1. The molecule has 0 fully saturated rings. The van der Waals surface area contributed by atoms with Crippen molar-refractivity contribution in [3.05, 3.63) is 62.1 Å². The molecule has 0 heterocycles. The topological polar surface area (TPSA) is 159 Å². The number of halogens is 2. The Morgan fingerprint density at radius 3 is 2.39 bits per heavy atom. The number of nitrogens with two attached hydrogens (primary N) is 1. The van der Waals surface area contributed by atoms with Gasteiger partial charge in [-0.25, -0.2) is 18.4 Å². The molecule has 0 aliphatic rings. The molecule has 1 amide bonds. The number of hydrogen-bond acceptors (Lipinski definition) is 7. The number of nitrogens with zero attached hydrogens (tertiary/aromatic N) is 1. The van der Waals surface area contributed by atoms with E-state index in [4.69, 9.17) is 33.1 Å². The first-order chi connectivity index (χ1) is 13.0. The molecule has 0 saturated heterocycles. The number of non-ortho nitro benzene ring substituents is 1. The van der Waals surface area contributed by atoms with Crippen LogP contribution in [0.5, 0.6) is 0 Å². The Kier molecular flexibility index (Phi) is 6.56. The highest BCUT2D eigenvalue weighted by Crippen LogP contribution is 2.26. The molecule has 0 saturated carbocycles. The molecule has 148 valence electrons. The fourth-order valence-electron chi connectivity index (χ4n) is 1.97. The molecule has 2 aromatic rings. The monoisotopic (exact) mass is 447 g/mol. The third kappa shape index (κ3) is 5.39. The number of anilines is 1. The molecule has 0 aromatic heterocycles. The summed E-state index contributed by atoms with van der Waals surface area (Å²) >= 11 is 11.6. The van der Waals surface area contributed by atoms with E-state index in [1.807, 2.05) is 0 Å². The van der Waals surface area contributed by atoms with Crippen LogP contribution in [0.2, 0.25) is 10.0 Å². The minimum atomic E-state index is -4.16. The van der Waals surface area contributed by atoms with Crippen molar-refractivity contribution in [1.29, 1.82) is 0 Å². The first-order valence-electron chi connectivity index (χ1n) is 7.22. The molecule has 0 aliphatic carbocycles. The molecule has 10 nitrogen and oxygen atoms in total. The average molecular weight is 448 g/mol. The van der Waals surface area contributed by atoms with E-state index in [1.54, 1.807) is 0 Å². The smallest absolute Gasteiger partial charge is 0.338 e. The maximum Gasteiger partial charge on any atom is 0.338 e. The van der Waals surface area contributed by atoms with Gasteiger partial charge in [-0.3, -0.25) is 14.9 Å². The van der Waals surface area contributed by atoms with Crippen LogP contribution in [-0.4, -0.2) is 31.8 Å². The number of carbonyl (C=O) groups is 2. The van der Waals surface area contributed by atoms with E-state index in [-0.39, 0.29) is 27.0 Å². The lowest BCUT2D eigenvalue weighted by Crippen LogP contribution is -2.21. The van der Waals surface area contributed by atoms with Crippen LogP contribution in [0.3, 0.4) is 0 Å². The average Bonchev–Trinajstić information content (AvgIpc) is 2.60. The molecule has 0 bridgehead atoms. The third-order valence-corrected chi connectivity index (χ3v) is 4.95. The fraction of sp³-hybridized carbons (Fsp3) is 0.0667. The highest BCUT2D eigenvalue weighted by atomic mass is 35.5. The molecule has 3 N–H and O–H groups in total. The number of primary sulfonamides is 1. The zero-order valence-corrected chi connectivity index (χ0v) is 16.0. The molecular weight excluding hydrogens is 437 g/mol. The van der Waals surface area contributed by atoms with Crippen LogP contribution in [0, 0.1) is 10.1 Å². The maximum atomic E-state index is 12.0. The lowest BCUT2D eigenvalue weighted by molar-refractivity contribution is -0.384. The first-order valence-corrected chi connectivity index (χ1v) is 9.52. The van der Waals surface area contributed by atoms with Gasteiger partial charge in [0.1, 0.15) is 4.90 Å². The summed E-state index contributed by atoms with van der Waals surface area (Å²) in [4.78, 5) is 33.4. The van der Waals surface area contributed by atoms with Crippen molar-refractivity contribution in [2.45, 2.75) is 4.90 Å². The molecule has 0 unspecified atom stereocenters. The summed E-state index contributed by atoms with van der Waals surface area (Å²) in [7, 11) is -4.16. The summed E-state index contributed by atoms with van der Waals surface area (Å²) in [5, 5.41) is 17.7. The lowest BCUT2D eigenvalue weighted by Gasteiger charge is -2.09. The van der Waals surface area contributed by atoms with E-state index in [0.717, 1.165) is 24.3 Å². The number of sulfonamides is 1. The Hall–Kier alpha value is -2.73. The van der Waals surface area contributed by atoms with Crippen molar-refractivity contribution in [3.8, 4) is 0 Å². The largest absolute Gasteiger partial charge is 0.452 e. The summed E-state index contributed by atoms with van der Waals surface area (Å²) < 4.78 is 27.6. The van der Waals surface area contributed by atoms with E-state index >= 15 is 0 Å². The van der Waals surface area contributed by atoms with Crippen molar-refractivity contribution in [2.75, 3.05) is 11.9 Å². The van der Waals surface area contributed by atoms with Gasteiger partial charge in [0.2, 0.25) is 10.0 Å². The Balaban J connectivity index is 2.03. The van der Waals surface area contributed by atoms with Crippen molar-refractivity contribution in [3.63, 3.8) is 0 Å². The molecule has 0 spiro atoms. The van der Waals surface area contributed by atoms with Crippen molar-refractivity contribution in [2.24, 2.45) is 5.14 Å². The maximum absolute atomic E-state index is 12.0. The van der Waals surface area contributed by atoms with Crippen LogP contribution in [0.15, 0.2) is 41.3 Å². The molecule has 0 atom stereocenters. The van der Waals surface area contributed by atoms with E-state index in [2.05, 4.69) is 5.32 Å². The number of esters is 1. The van der Waals surface area contributed by atoms with Gasteiger partial charge in [0.05, 0.1) is 26.2 Å². The number of ether oxygens (including phenoxy) is 1. The van der Waals surface area contributed by atoms with Crippen LogP contribution < -0.4 is 10.5 Å². The van der Waals surface area contributed by atoms with Gasteiger partial charge in [-0.05, 0) is 24.3 Å². The zero-order chi connectivity index (χ0) is 21.1. The Morgan fingerprint density at radius 2 is 1.82 bits per heavy atom. The van der Waals surface area contributed by atoms with Gasteiger partial charge >= 0.3 is 5.97 Å². The van der Waals surface area contributed by atoms with Crippen molar-refractivity contribution in [1.82, 2.24) is 0 Å². The van der Waals surface area contributed by atoms with Crippen LogP contribution in [0.1, 0.15) is 10.4 Å². The molecule has 28 heavy (non-hydrogen) atoms. The fourth-order valence-corrected chi connectivity index (χ4v) is 3.26. The van der Waals surface area contributed by atoms with Gasteiger partial charge in [-0.1, -0.05) is 23.2 Å². The molecule has 0 radical (unpaired) electrons. The Labute approximate surface area is 168 Å².